The van der Waals surface area contributed by atoms with E-state index in [0.717, 1.165) is 82.9 Å². The SMILES string of the molecule is c1ccc(-c2nc(-c3ccccc3)nc(-c3ccc4cc(-c5ccc6c7c8c(-c9ccccc9)nc9ccccc9c8ccc7n(-c7ccc8ccccc8c7)c6c5)ccc4c3)n2)cc1. The van der Waals surface area contributed by atoms with Gasteiger partial charge in [-0.15, -0.1) is 0 Å². The van der Waals surface area contributed by atoms with Crippen molar-refractivity contribution >= 4 is 65.0 Å². The highest BCUT2D eigenvalue weighted by Gasteiger charge is 2.21. The van der Waals surface area contributed by atoms with Gasteiger partial charge in [-0.3, -0.25) is 0 Å². The smallest absolute Gasteiger partial charge is 0.164 e. The van der Waals surface area contributed by atoms with E-state index in [1.54, 1.807) is 0 Å². The number of hydrogen-bond acceptors (Lipinski definition) is 4. The topological polar surface area (TPSA) is 56.5 Å². The van der Waals surface area contributed by atoms with Crippen LogP contribution in [0.15, 0.2) is 224 Å². The normalized spacial score (nSPS) is 11.7. The average Bonchev–Trinajstić information content (AvgIpc) is 3.72. The van der Waals surface area contributed by atoms with Crippen LogP contribution in [0.5, 0.6) is 0 Å². The van der Waals surface area contributed by atoms with Gasteiger partial charge in [0, 0.05) is 49.5 Å². The molecule has 0 aliphatic carbocycles. The lowest BCUT2D eigenvalue weighted by Gasteiger charge is -2.13. The third-order valence-electron chi connectivity index (χ3n) is 12.8. The summed E-state index contributed by atoms with van der Waals surface area (Å²) in [5.74, 6) is 1.94. The molecule has 0 bridgehead atoms. The number of para-hydroxylation sites is 1. The lowest BCUT2D eigenvalue weighted by Crippen LogP contribution is -2.00. The first kappa shape index (κ1) is 36.8. The van der Waals surface area contributed by atoms with Gasteiger partial charge in [0.05, 0.1) is 22.2 Å². The minimum atomic E-state index is 0.641. The van der Waals surface area contributed by atoms with Gasteiger partial charge >= 0.3 is 0 Å². The maximum absolute atomic E-state index is 5.39. The molecule has 10 aromatic carbocycles. The lowest BCUT2D eigenvalue weighted by atomic mass is 9.95. The number of nitrogens with zero attached hydrogens (tertiary/aromatic N) is 5. The Bertz CT molecular complexity index is 3930. The van der Waals surface area contributed by atoms with Gasteiger partial charge in [0.1, 0.15) is 0 Å². The van der Waals surface area contributed by atoms with Crippen molar-refractivity contribution in [1.82, 2.24) is 24.5 Å². The molecule has 5 heteroatoms. The van der Waals surface area contributed by atoms with Crippen LogP contribution >= 0.6 is 0 Å². The Kier molecular flexibility index (Phi) is 8.46. The van der Waals surface area contributed by atoms with Gasteiger partial charge in [-0.05, 0) is 80.5 Å². The largest absolute Gasteiger partial charge is 0.309 e. The summed E-state index contributed by atoms with van der Waals surface area (Å²) in [6, 6.07) is 79.5. The molecule has 0 unspecified atom stereocenters. The number of aromatic nitrogens is 5. The first-order chi connectivity index (χ1) is 32.2. The average molecular weight is 828 g/mol. The summed E-state index contributed by atoms with van der Waals surface area (Å²) >= 11 is 0. The Hall–Kier alpha value is -8.80. The van der Waals surface area contributed by atoms with E-state index in [1.165, 1.54) is 26.9 Å². The van der Waals surface area contributed by atoms with Gasteiger partial charge in [0.25, 0.3) is 0 Å². The maximum atomic E-state index is 5.39. The molecule has 65 heavy (non-hydrogen) atoms. The van der Waals surface area contributed by atoms with Gasteiger partial charge in [-0.1, -0.05) is 182 Å². The molecular weight excluding hydrogens is 791 g/mol. The van der Waals surface area contributed by atoms with Gasteiger partial charge in [0.2, 0.25) is 0 Å². The molecule has 0 fully saturated rings. The van der Waals surface area contributed by atoms with Crippen LogP contribution in [0, 0.1) is 0 Å². The second kappa shape index (κ2) is 14.9. The molecule has 0 amide bonds. The van der Waals surface area contributed by atoms with E-state index < -0.39 is 0 Å². The van der Waals surface area contributed by atoms with E-state index in [-0.39, 0.29) is 0 Å². The van der Waals surface area contributed by atoms with Crippen molar-refractivity contribution in [3.05, 3.63) is 224 Å². The van der Waals surface area contributed by atoms with E-state index in [4.69, 9.17) is 19.9 Å². The summed E-state index contributed by atoms with van der Waals surface area (Å²) in [5.41, 5.74) is 11.6. The molecule has 0 spiro atoms. The number of hydrogen-bond donors (Lipinski definition) is 0. The summed E-state index contributed by atoms with van der Waals surface area (Å²) in [4.78, 5) is 20.3. The first-order valence-electron chi connectivity index (χ1n) is 22.0. The Morgan fingerprint density at radius 1 is 0.277 bits per heavy atom. The number of pyridine rings is 1. The van der Waals surface area contributed by atoms with Gasteiger partial charge in [0.15, 0.2) is 17.5 Å². The van der Waals surface area contributed by atoms with Gasteiger partial charge in [-0.2, -0.15) is 0 Å². The fraction of sp³-hybridized carbons (Fsp3) is 0. The van der Waals surface area contributed by atoms with Crippen molar-refractivity contribution in [2.45, 2.75) is 0 Å². The fourth-order valence-corrected chi connectivity index (χ4v) is 9.63. The zero-order valence-electron chi connectivity index (χ0n) is 35.1. The molecule has 13 rings (SSSR count). The summed E-state index contributed by atoms with van der Waals surface area (Å²) in [7, 11) is 0. The number of fused-ring (bicyclic) bond motifs is 9. The van der Waals surface area contributed by atoms with Crippen molar-refractivity contribution in [3.63, 3.8) is 0 Å². The summed E-state index contributed by atoms with van der Waals surface area (Å²) in [5, 5.41) is 10.6. The van der Waals surface area contributed by atoms with Crippen LogP contribution in [-0.2, 0) is 0 Å². The molecule has 0 N–H and O–H groups in total. The minimum absolute atomic E-state index is 0.641. The molecule has 0 saturated carbocycles. The molecule has 0 radical (unpaired) electrons. The third kappa shape index (κ3) is 6.24. The molecule has 13 aromatic rings. The van der Waals surface area contributed by atoms with E-state index in [9.17, 15) is 0 Å². The van der Waals surface area contributed by atoms with Crippen molar-refractivity contribution in [3.8, 4) is 62.2 Å². The Morgan fingerprint density at radius 3 is 1.52 bits per heavy atom. The minimum Gasteiger partial charge on any atom is -0.309 e. The van der Waals surface area contributed by atoms with Crippen molar-refractivity contribution < 1.29 is 0 Å². The quantitative estimate of drug-likeness (QED) is 0.157. The molecule has 302 valence electrons. The Labute approximate surface area is 374 Å². The predicted molar refractivity (Wildman–Crippen MR) is 269 cm³/mol. The molecule has 0 aliphatic heterocycles. The third-order valence-corrected chi connectivity index (χ3v) is 12.8. The standard InChI is InChI=1S/C60H37N5/c1-4-15-39(16-5-1)57-56-50(49-22-12-13-23-52(49)61-57)32-33-53-55(56)51-31-29-46(37-54(51)65(53)48-30-28-38-14-10-11-21-42(38)36-48)44-24-25-45-35-47(27-26-43(45)34-44)60-63-58(40-17-6-2-7-18-40)62-59(64-60)41-19-8-3-9-20-41/h1-37H. The highest BCUT2D eigenvalue weighted by atomic mass is 15.0. The highest BCUT2D eigenvalue weighted by Crippen LogP contribution is 2.44. The molecule has 0 atom stereocenters. The van der Waals surface area contributed by atoms with Crippen molar-refractivity contribution in [1.29, 1.82) is 0 Å². The molecular formula is C60H37N5. The summed E-state index contributed by atoms with van der Waals surface area (Å²) < 4.78 is 2.44. The monoisotopic (exact) mass is 827 g/mol. The van der Waals surface area contributed by atoms with Crippen LogP contribution in [0.2, 0.25) is 0 Å². The fourth-order valence-electron chi connectivity index (χ4n) is 9.63. The molecule has 5 nitrogen and oxygen atoms in total. The molecule has 3 aromatic heterocycles. The van der Waals surface area contributed by atoms with Gasteiger partial charge in [-0.25, -0.2) is 19.9 Å². The van der Waals surface area contributed by atoms with Crippen LogP contribution < -0.4 is 0 Å². The second-order valence-electron chi connectivity index (χ2n) is 16.6. The van der Waals surface area contributed by atoms with Gasteiger partial charge < -0.3 is 4.57 Å². The second-order valence-corrected chi connectivity index (χ2v) is 16.6. The van der Waals surface area contributed by atoms with Crippen LogP contribution in [0.25, 0.3) is 127 Å². The van der Waals surface area contributed by atoms with Crippen molar-refractivity contribution in [2.24, 2.45) is 0 Å². The molecule has 0 saturated heterocycles. The first-order valence-corrected chi connectivity index (χ1v) is 22.0. The number of rotatable bonds is 6. The number of benzene rings is 10. The van der Waals surface area contributed by atoms with Crippen LogP contribution in [0.3, 0.4) is 0 Å². The lowest BCUT2D eigenvalue weighted by molar-refractivity contribution is 1.07. The maximum Gasteiger partial charge on any atom is 0.164 e. The van der Waals surface area contributed by atoms with E-state index in [2.05, 4.69) is 168 Å². The van der Waals surface area contributed by atoms with Crippen molar-refractivity contribution in [2.75, 3.05) is 0 Å². The summed E-state index contributed by atoms with van der Waals surface area (Å²) in [6.07, 6.45) is 0. The summed E-state index contributed by atoms with van der Waals surface area (Å²) in [6.45, 7) is 0. The Morgan fingerprint density at radius 2 is 0.800 bits per heavy atom. The van der Waals surface area contributed by atoms with Crippen LogP contribution in [0.4, 0.5) is 0 Å². The van der Waals surface area contributed by atoms with E-state index in [0.29, 0.717) is 17.5 Å². The molecule has 3 heterocycles. The predicted octanol–water partition coefficient (Wildman–Crippen LogP) is 15.3. The zero-order valence-corrected chi connectivity index (χ0v) is 35.1. The van der Waals surface area contributed by atoms with E-state index in [1.807, 2.05) is 60.7 Å². The Balaban J connectivity index is 0.992. The van der Waals surface area contributed by atoms with Crippen LogP contribution in [-0.4, -0.2) is 24.5 Å². The highest BCUT2D eigenvalue weighted by molar-refractivity contribution is 6.28. The van der Waals surface area contributed by atoms with Crippen LogP contribution in [0.1, 0.15) is 0 Å². The zero-order chi connectivity index (χ0) is 42.8. The van der Waals surface area contributed by atoms with E-state index >= 15 is 0 Å². The molecule has 0 aliphatic rings.